The fourth-order valence-electron chi connectivity index (χ4n) is 1.10. The SMILES string of the molecule is OCc1coc2cccc-2c1. The Kier molecular flexibility index (Phi) is 1.40. The van der Waals surface area contributed by atoms with E-state index < -0.39 is 0 Å². The lowest BCUT2D eigenvalue weighted by Gasteiger charge is -1.99. The van der Waals surface area contributed by atoms with Crippen LogP contribution in [0.15, 0.2) is 34.9 Å². The summed E-state index contributed by atoms with van der Waals surface area (Å²) in [4.78, 5) is 0. The second kappa shape index (κ2) is 2.40. The molecule has 1 aliphatic heterocycles. The molecule has 0 saturated carbocycles. The quantitative estimate of drug-likeness (QED) is 0.669. The van der Waals surface area contributed by atoms with Gasteiger partial charge in [0.25, 0.3) is 0 Å². The first-order valence-electron chi connectivity index (χ1n) is 3.47. The summed E-state index contributed by atoms with van der Waals surface area (Å²) >= 11 is 0. The topological polar surface area (TPSA) is 33.4 Å². The van der Waals surface area contributed by atoms with Gasteiger partial charge in [-0.1, -0.05) is 12.1 Å². The summed E-state index contributed by atoms with van der Waals surface area (Å²) in [5.74, 6) is 0.863. The van der Waals surface area contributed by atoms with Crippen LogP contribution in [0, 0.1) is 0 Å². The van der Waals surface area contributed by atoms with Gasteiger partial charge in [0, 0.05) is 11.1 Å². The Morgan fingerprint density at radius 1 is 1.36 bits per heavy atom. The second-order valence-electron chi connectivity index (χ2n) is 2.46. The van der Waals surface area contributed by atoms with Crippen molar-refractivity contribution in [1.29, 1.82) is 0 Å². The predicted octanol–water partition coefficient (Wildman–Crippen LogP) is 1.88. The Balaban J connectivity index is 2.59. The zero-order valence-electron chi connectivity index (χ0n) is 5.95. The molecular formula is C9H8O2. The molecule has 1 N–H and O–H groups in total. The normalized spacial score (nSPS) is 10.6. The maximum absolute atomic E-state index is 8.77. The second-order valence-corrected chi connectivity index (χ2v) is 2.46. The molecule has 11 heavy (non-hydrogen) atoms. The predicted molar refractivity (Wildman–Crippen MR) is 41.3 cm³/mol. The van der Waals surface area contributed by atoms with Gasteiger partial charge in [0.15, 0.2) is 0 Å². The minimum Gasteiger partial charge on any atom is -0.464 e. The van der Waals surface area contributed by atoms with Crippen LogP contribution >= 0.6 is 0 Å². The van der Waals surface area contributed by atoms with E-state index in [2.05, 4.69) is 0 Å². The van der Waals surface area contributed by atoms with Crippen molar-refractivity contribution >= 4 is 0 Å². The zero-order valence-corrected chi connectivity index (χ0v) is 5.95. The lowest BCUT2D eigenvalue weighted by Crippen LogP contribution is -1.82. The molecule has 0 spiro atoms. The molecule has 0 saturated heterocycles. The van der Waals surface area contributed by atoms with Crippen LogP contribution in [-0.4, -0.2) is 5.11 Å². The van der Waals surface area contributed by atoms with E-state index in [-0.39, 0.29) is 6.61 Å². The van der Waals surface area contributed by atoms with Crippen molar-refractivity contribution < 1.29 is 9.52 Å². The fraction of sp³-hybridized carbons (Fsp3) is 0.111. The van der Waals surface area contributed by atoms with E-state index in [1.807, 2.05) is 24.3 Å². The number of rotatable bonds is 1. The summed E-state index contributed by atoms with van der Waals surface area (Å²) in [5.41, 5.74) is 1.85. The van der Waals surface area contributed by atoms with Crippen molar-refractivity contribution in [2.24, 2.45) is 0 Å². The average Bonchev–Trinajstić information content (AvgIpc) is 2.50. The lowest BCUT2D eigenvalue weighted by molar-refractivity contribution is 0.278. The van der Waals surface area contributed by atoms with Crippen LogP contribution in [-0.2, 0) is 6.61 Å². The fourth-order valence-corrected chi connectivity index (χ4v) is 1.10. The first kappa shape index (κ1) is 6.43. The van der Waals surface area contributed by atoms with Crippen molar-refractivity contribution in [3.8, 4) is 11.3 Å². The van der Waals surface area contributed by atoms with Crippen LogP contribution in [0.1, 0.15) is 5.56 Å². The molecule has 0 radical (unpaired) electrons. The van der Waals surface area contributed by atoms with Crippen molar-refractivity contribution in [2.45, 2.75) is 6.61 Å². The summed E-state index contributed by atoms with van der Waals surface area (Å²) in [5, 5.41) is 8.77. The van der Waals surface area contributed by atoms with Crippen LogP contribution < -0.4 is 0 Å². The Labute approximate surface area is 64.4 Å². The van der Waals surface area contributed by atoms with E-state index in [9.17, 15) is 0 Å². The smallest absolute Gasteiger partial charge is 0.133 e. The highest BCUT2D eigenvalue weighted by Crippen LogP contribution is 2.23. The van der Waals surface area contributed by atoms with Crippen LogP contribution in [0.5, 0.6) is 0 Å². The van der Waals surface area contributed by atoms with Crippen molar-refractivity contribution in [2.75, 3.05) is 0 Å². The van der Waals surface area contributed by atoms with Crippen LogP contribution in [0.4, 0.5) is 0 Å². The molecule has 0 amide bonds. The van der Waals surface area contributed by atoms with Gasteiger partial charge < -0.3 is 9.52 Å². The van der Waals surface area contributed by atoms with Crippen molar-refractivity contribution in [3.63, 3.8) is 0 Å². The van der Waals surface area contributed by atoms with Gasteiger partial charge in [0.2, 0.25) is 0 Å². The Morgan fingerprint density at radius 3 is 3.09 bits per heavy atom. The molecule has 0 aromatic rings. The molecule has 56 valence electrons. The molecule has 2 nitrogen and oxygen atoms in total. The zero-order chi connectivity index (χ0) is 7.68. The van der Waals surface area contributed by atoms with Gasteiger partial charge >= 0.3 is 0 Å². The third kappa shape index (κ3) is 1.01. The van der Waals surface area contributed by atoms with Crippen LogP contribution in [0.25, 0.3) is 11.3 Å². The molecule has 0 fully saturated rings. The number of aliphatic hydroxyl groups excluding tert-OH is 1. The molecule has 2 heteroatoms. The van der Waals surface area contributed by atoms with E-state index >= 15 is 0 Å². The van der Waals surface area contributed by atoms with Gasteiger partial charge in [0.1, 0.15) is 5.76 Å². The van der Waals surface area contributed by atoms with Gasteiger partial charge in [-0.2, -0.15) is 0 Å². The maximum Gasteiger partial charge on any atom is 0.133 e. The number of fused-ring (bicyclic) bond motifs is 1. The minimum absolute atomic E-state index is 0.0324. The first-order valence-corrected chi connectivity index (χ1v) is 3.47. The van der Waals surface area contributed by atoms with E-state index in [0.717, 1.165) is 16.9 Å². The summed E-state index contributed by atoms with van der Waals surface area (Å²) in [6.45, 7) is 0.0324. The molecular weight excluding hydrogens is 140 g/mol. The van der Waals surface area contributed by atoms with Crippen molar-refractivity contribution in [3.05, 3.63) is 36.1 Å². The van der Waals surface area contributed by atoms with Crippen LogP contribution in [0.2, 0.25) is 0 Å². The Hall–Kier alpha value is -1.28. The summed E-state index contributed by atoms with van der Waals surface area (Å²) in [6, 6.07) is 7.70. The molecule has 0 unspecified atom stereocenters. The molecule has 1 heterocycles. The third-order valence-corrected chi connectivity index (χ3v) is 1.67. The van der Waals surface area contributed by atoms with Gasteiger partial charge in [-0.15, -0.1) is 0 Å². The van der Waals surface area contributed by atoms with Crippen LogP contribution in [0.3, 0.4) is 0 Å². The molecule has 0 atom stereocenters. The molecule has 1 aliphatic carbocycles. The van der Waals surface area contributed by atoms with E-state index in [4.69, 9.17) is 9.52 Å². The van der Waals surface area contributed by atoms with Gasteiger partial charge in [-0.3, -0.25) is 0 Å². The first-order chi connectivity index (χ1) is 5.40. The minimum atomic E-state index is 0.0324. The summed E-state index contributed by atoms with van der Waals surface area (Å²) < 4.78 is 5.21. The molecule has 0 aromatic heterocycles. The molecule has 2 rings (SSSR count). The third-order valence-electron chi connectivity index (χ3n) is 1.67. The summed E-state index contributed by atoms with van der Waals surface area (Å²) in [6.07, 6.45) is 1.57. The number of hydrogen-bond acceptors (Lipinski definition) is 2. The monoisotopic (exact) mass is 148 g/mol. The number of aliphatic hydroxyl groups is 1. The lowest BCUT2D eigenvalue weighted by atomic mass is 10.2. The van der Waals surface area contributed by atoms with E-state index in [1.165, 1.54) is 0 Å². The Bertz CT molecular complexity index is 324. The van der Waals surface area contributed by atoms with Crippen molar-refractivity contribution in [1.82, 2.24) is 0 Å². The van der Waals surface area contributed by atoms with Gasteiger partial charge in [-0.05, 0) is 12.1 Å². The molecule has 2 aliphatic rings. The van der Waals surface area contributed by atoms with Gasteiger partial charge in [0.05, 0.1) is 12.9 Å². The highest BCUT2D eigenvalue weighted by Gasteiger charge is 2.03. The number of hydrogen-bond donors (Lipinski definition) is 1. The molecule has 0 aromatic carbocycles. The highest BCUT2D eigenvalue weighted by atomic mass is 16.3. The molecule has 0 bridgehead atoms. The maximum atomic E-state index is 8.77. The van der Waals surface area contributed by atoms with E-state index in [0.29, 0.717) is 0 Å². The summed E-state index contributed by atoms with van der Waals surface area (Å²) in [7, 11) is 0. The Morgan fingerprint density at radius 2 is 2.27 bits per heavy atom. The standard InChI is InChI=1S/C9H8O2/c10-5-7-4-8-2-1-3-9(8)11-6-7/h1-4,6,10H,5H2. The van der Waals surface area contributed by atoms with Gasteiger partial charge in [-0.25, -0.2) is 0 Å². The average molecular weight is 148 g/mol. The highest BCUT2D eigenvalue weighted by molar-refractivity contribution is 5.60. The largest absolute Gasteiger partial charge is 0.464 e. The van der Waals surface area contributed by atoms with E-state index in [1.54, 1.807) is 6.26 Å².